The van der Waals surface area contributed by atoms with E-state index in [9.17, 15) is 4.79 Å². The van der Waals surface area contributed by atoms with Gasteiger partial charge in [-0.15, -0.1) is 0 Å². The van der Waals surface area contributed by atoms with E-state index in [0.29, 0.717) is 66.1 Å². The third kappa shape index (κ3) is 4.84. The molecule has 0 atom stereocenters. The standard InChI is InChI=1S/C29H27N7O4/c1-38-23-10-8-20(16-24(23)39-2)22-17-31-26-25(32-22)27(34-28(30)33-26)35-11-13-36(14-12-35)29(37)40-21-9-7-18-5-3-4-6-19(18)15-21/h3-10,15-17H,11-14H2,1-2H3,(H2,30,31,33,34). The minimum atomic E-state index is -0.391. The molecule has 6 rings (SSSR count). The van der Waals surface area contributed by atoms with Gasteiger partial charge < -0.3 is 29.7 Å². The van der Waals surface area contributed by atoms with E-state index in [0.717, 1.165) is 16.3 Å². The van der Waals surface area contributed by atoms with Crippen LogP contribution >= 0.6 is 0 Å². The summed E-state index contributed by atoms with van der Waals surface area (Å²) in [4.78, 5) is 34.7. The van der Waals surface area contributed by atoms with Crippen molar-refractivity contribution in [1.29, 1.82) is 0 Å². The van der Waals surface area contributed by atoms with Crippen LogP contribution in [0.4, 0.5) is 16.6 Å². The monoisotopic (exact) mass is 537 g/mol. The van der Waals surface area contributed by atoms with E-state index in [2.05, 4.69) is 15.0 Å². The van der Waals surface area contributed by atoms with E-state index < -0.39 is 6.09 Å². The van der Waals surface area contributed by atoms with Gasteiger partial charge in [0.05, 0.1) is 26.1 Å². The van der Waals surface area contributed by atoms with Gasteiger partial charge >= 0.3 is 6.09 Å². The number of fused-ring (bicyclic) bond motifs is 2. The molecule has 1 amide bonds. The Morgan fingerprint density at radius 3 is 2.40 bits per heavy atom. The molecule has 1 aliphatic rings. The van der Waals surface area contributed by atoms with Gasteiger partial charge in [0.1, 0.15) is 5.75 Å². The summed E-state index contributed by atoms with van der Waals surface area (Å²) < 4.78 is 16.5. The molecule has 1 fully saturated rings. The highest BCUT2D eigenvalue weighted by atomic mass is 16.6. The van der Waals surface area contributed by atoms with E-state index >= 15 is 0 Å². The van der Waals surface area contributed by atoms with Gasteiger partial charge in [-0.05, 0) is 41.1 Å². The van der Waals surface area contributed by atoms with Crippen molar-refractivity contribution in [2.75, 3.05) is 51.0 Å². The molecule has 2 N–H and O–H groups in total. The molecule has 0 unspecified atom stereocenters. The zero-order valence-electron chi connectivity index (χ0n) is 22.1. The molecular weight excluding hydrogens is 510 g/mol. The first-order valence-electron chi connectivity index (χ1n) is 12.8. The lowest BCUT2D eigenvalue weighted by Gasteiger charge is -2.34. The minimum absolute atomic E-state index is 0.105. The molecule has 40 heavy (non-hydrogen) atoms. The molecule has 5 aromatic rings. The molecule has 0 radical (unpaired) electrons. The fraction of sp³-hybridized carbons (Fsp3) is 0.207. The van der Waals surface area contributed by atoms with Crippen molar-refractivity contribution in [2.24, 2.45) is 0 Å². The molecule has 202 valence electrons. The van der Waals surface area contributed by atoms with Crippen molar-refractivity contribution in [3.63, 3.8) is 0 Å². The maximum absolute atomic E-state index is 12.9. The largest absolute Gasteiger partial charge is 0.493 e. The lowest BCUT2D eigenvalue weighted by atomic mass is 10.1. The maximum Gasteiger partial charge on any atom is 0.415 e. The SMILES string of the molecule is COc1ccc(-c2cnc3nc(N)nc(N4CCN(C(=O)Oc5ccc6ccccc6c5)CC4)c3n2)cc1OC. The highest BCUT2D eigenvalue weighted by molar-refractivity contribution is 5.86. The van der Waals surface area contributed by atoms with Crippen molar-refractivity contribution < 1.29 is 19.0 Å². The molecule has 0 spiro atoms. The number of anilines is 2. The van der Waals surface area contributed by atoms with Crippen LogP contribution in [0.25, 0.3) is 33.2 Å². The van der Waals surface area contributed by atoms with Crippen LogP contribution in [0.5, 0.6) is 17.2 Å². The number of ether oxygens (including phenoxy) is 3. The molecule has 11 heteroatoms. The van der Waals surface area contributed by atoms with Crippen LogP contribution in [-0.4, -0.2) is 71.3 Å². The van der Waals surface area contributed by atoms with Crippen molar-refractivity contribution in [2.45, 2.75) is 0 Å². The van der Waals surface area contributed by atoms with Gasteiger partial charge in [-0.25, -0.2) is 14.8 Å². The lowest BCUT2D eigenvalue weighted by molar-refractivity contribution is 0.149. The molecule has 3 aromatic carbocycles. The molecule has 11 nitrogen and oxygen atoms in total. The zero-order chi connectivity index (χ0) is 27.6. The van der Waals surface area contributed by atoms with Crippen molar-refractivity contribution in [3.05, 3.63) is 66.9 Å². The number of rotatable bonds is 5. The summed E-state index contributed by atoms with van der Waals surface area (Å²) in [6, 6.07) is 19.1. The van der Waals surface area contributed by atoms with E-state index in [1.165, 1.54) is 0 Å². The maximum atomic E-state index is 12.9. The molecule has 0 bridgehead atoms. The van der Waals surface area contributed by atoms with E-state index in [1.54, 1.807) is 31.4 Å². The number of carbonyl (C=O) groups is 1. The van der Waals surface area contributed by atoms with Gasteiger partial charge in [0.15, 0.2) is 28.5 Å². The molecule has 2 aromatic heterocycles. The Kier molecular flexibility index (Phi) is 6.61. The number of hydrogen-bond donors (Lipinski definition) is 1. The summed E-state index contributed by atoms with van der Waals surface area (Å²) >= 11 is 0. The number of methoxy groups -OCH3 is 2. The molecular formula is C29H27N7O4. The number of hydrogen-bond acceptors (Lipinski definition) is 10. The third-order valence-corrected chi connectivity index (χ3v) is 6.85. The average molecular weight is 538 g/mol. The molecule has 1 aliphatic heterocycles. The number of nitrogens with two attached hydrogens (primary N) is 1. The number of nitrogen functional groups attached to an aromatic ring is 1. The second kappa shape index (κ2) is 10.5. The normalized spacial score (nSPS) is 13.4. The summed E-state index contributed by atoms with van der Waals surface area (Å²) in [7, 11) is 3.17. The van der Waals surface area contributed by atoms with E-state index in [4.69, 9.17) is 24.9 Å². The summed E-state index contributed by atoms with van der Waals surface area (Å²) in [5, 5.41) is 2.10. The third-order valence-electron chi connectivity index (χ3n) is 6.85. The molecule has 3 heterocycles. The van der Waals surface area contributed by atoms with Crippen LogP contribution in [0.2, 0.25) is 0 Å². The molecule has 0 saturated carbocycles. The Bertz CT molecular complexity index is 1720. The van der Waals surface area contributed by atoms with Crippen LogP contribution in [-0.2, 0) is 0 Å². The van der Waals surface area contributed by atoms with Crippen LogP contribution in [0, 0.1) is 0 Å². The number of carbonyl (C=O) groups excluding carboxylic acids is 1. The first kappa shape index (κ1) is 25.1. The Balaban J connectivity index is 1.21. The number of amides is 1. The molecule has 0 aliphatic carbocycles. The smallest absolute Gasteiger partial charge is 0.415 e. The average Bonchev–Trinajstić information content (AvgIpc) is 3.00. The minimum Gasteiger partial charge on any atom is -0.493 e. The quantitative estimate of drug-likeness (QED) is 0.349. The summed E-state index contributed by atoms with van der Waals surface area (Å²) in [6.45, 7) is 1.92. The predicted octanol–water partition coefficient (Wildman–Crippen LogP) is 4.16. The fourth-order valence-electron chi connectivity index (χ4n) is 4.76. The van der Waals surface area contributed by atoms with Crippen molar-refractivity contribution in [1.82, 2.24) is 24.8 Å². The summed E-state index contributed by atoms with van der Waals surface area (Å²) in [5.74, 6) is 2.39. The number of nitrogens with zero attached hydrogens (tertiary/aromatic N) is 6. The van der Waals surface area contributed by atoms with Crippen LogP contribution in [0.1, 0.15) is 0 Å². The highest BCUT2D eigenvalue weighted by Gasteiger charge is 2.26. The topological polar surface area (TPSA) is 129 Å². The summed E-state index contributed by atoms with van der Waals surface area (Å²) in [6.07, 6.45) is 1.25. The Hall–Kier alpha value is -5.19. The number of piperazine rings is 1. The zero-order valence-corrected chi connectivity index (χ0v) is 22.1. The second-order valence-electron chi connectivity index (χ2n) is 9.25. The van der Waals surface area contributed by atoms with Gasteiger partial charge in [-0.2, -0.15) is 9.97 Å². The van der Waals surface area contributed by atoms with Crippen LogP contribution < -0.4 is 24.8 Å². The first-order chi connectivity index (χ1) is 19.5. The van der Waals surface area contributed by atoms with E-state index in [-0.39, 0.29) is 5.95 Å². The van der Waals surface area contributed by atoms with E-state index in [1.807, 2.05) is 59.5 Å². The van der Waals surface area contributed by atoms with Gasteiger partial charge in [-0.1, -0.05) is 30.3 Å². The summed E-state index contributed by atoms with van der Waals surface area (Å²) in [5.41, 5.74) is 8.36. The van der Waals surface area contributed by atoms with Gasteiger partial charge in [-0.3, -0.25) is 0 Å². The fourth-order valence-corrected chi connectivity index (χ4v) is 4.76. The predicted molar refractivity (Wildman–Crippen MR) is 152 cm³/mol. The second-order valence-corrected chi connectivity index (χ2v) is 9.25. The van der Waals surface area contributed by atoms with Crippen LogP contribution in [0.15, 0.2) is 66.9 Å². The van der Waals surface area contributed by atoms with Crippen LogP contribution in [0.3, 0.4) is 0 Å². The van der Waals surface area contributed by atoms with Gasteiger partial charge in [0.25, 0.3) is 0 Å². The van der Waals surface area contributed by atoms with Gasteiger partial charge in [0.2, 0.25) is 5.95 Å². The Morgan fingerprint density at radius 2 is 1.62 bits per heavy atom. The van der Waals surface area contributed by atoms with Gasteiger partial charge in [0, 0.05) is 31.7 Å². The molecule has 1 saturated heterocycles. The number of benzene rings is 3. The Labute approximate surface area is 230 Å². The highest BCUT2D eigenvalue weighted by Crippen LogP contribution is 2.33. The first-order valence-corrected chi connectivity index (χ1v) is 12.8. The van der Waals surface area contributed by atoms with Crippen molar-refractivity contribution in [3.8, 4) is 28.5 Å². The lowest BCUT2D eigenvalue weighted by Crippen LogP contribution is -2.50. The Morgan fingerprint density at radius 1 is 0.850 bits per heavy atom. The van der Waals surface area contributed by atoms with Crippen molar-refractivity contribution >= 4 is 39.8 Å². The number of aromatic nitrogens is 4.